The number of halogens is 1. The lowest BCUT2D eigenvalue weighted by Gasteiger charge is -2.21. The van der Waals surface area contributed by atoms with Crippen LogP contribution in [0, 0.1) is 23.0 Å². The van der Waals surface area contributed by atoms with Crippen molar-refractivity contribution in [3.05, 3.63) is 39.4 Å². The molecular weight excluding hydrogens is 324 g/mol. The minimum Gasteiger partial charge on any atom is -0.349 e. The van der Waals surface area contributed by atoms with Crippen LogP contribution in [0.2, 0.25) is 0 Å². The SMILES string of the molecule is Cc1cc(C(=O)NC(CCBr)C(C)C)ccc1[N+](=O)[O-]. The van der Waals surface area contributed by atoms with Gasteiger partial charge in [0.05, 0.1) is 4.92 Å². The number of rotatable bonds is 6. The zero-order chi connectivity index (χ0) is 15.3. The first-order valence-electron chi connectivity index (χ1n) is 6.48. The maximum Gasteiger partial charge on any atom is 0.272 e. The van der Waals surface area contributed by atoms with Crippen molar-refractivity contribution in [2.24, 2.45) is 5.92 Å². The van der Waals surface area contributed by atoms with Crippen LogP contribution in [0.3, 0.4) is 0 Å². The standard InChI is InChI=1S/C14H19BrN2O3/c1-9(2)12(6-7-15)16-14(18)11-4-5-13(17(19)20)10(3)8-11/h4-5,8-9,12H,6-7H2,1-3H3,(H,16,18). The molecule has 0 spiro atoms. The molecule has 1 rings (SSSR count). The van der Waals surface area contributed by atoms with E-state index < -0.39 is 4.92 Å². The van der Waals surface area contributed by atoms with E-state index in [2.05, 4.69) is 35.1 Å². The van der Waals surface area contributed by atoms with E-state index in [1.54, 1.807) is 13.0 Å². The van der Waals surface area contributed by atoms with E-state index in [-0.39, 0.29) is 17.6 Å². The van der Waals surface area contributed by atoms with Crippen molar-refractivity contribution in [1.29, 1.82) is 0 Å². The lowest BCUT2D eigenvalue weighted by atomic mass is 10.0. The van der Waals surface area contributed by atoms with Gasteiger partial charge in [0.15, 0.2) is 0 Å². The number of hydrogen-bond donors (Lipinski definition) is 1. The maximum absolute atomic E-state index is 12.2. The fourth-order valence-electron chi connectivity index (χ4n) is 1.94. The summed E-state index contributed by atoms with van der Waals surface area (Å²) in [5, 5.41) is 14.5. The second-order valence-corrected chi connectivity index (χ2v) is 5.85. The molecule has 0 fully saturated rings. The molecule has 1 atom stereocenters. The molecule has 1 N–H and O–H groups in total. The van der Waals surface area contributed by atoms with Crippen molar-refractivity contribution in [2.45, 2.75) is 33.2 Å². The van der Waals surface area contributed by atoms with E-state index in [0.29, 0.717) is 17.0 Å². The molecule has 0 aliphatic rings. The first-order valence-corrected chi connectivity index (χ1v) is 7.60. The second-order valence-electron chi connectivity index (χ2n) is 5.06. The molecule has 0 aliphatic carbocycles. The van der Waals surface area contributed by atoms with E-state index in [1.165, 1.54) is 12.1 Å². The zero-order valence-corrected chi connectivity index (χ0v) is 13.4. The summed E-state index contributed by atoms with van der Waals surface area (Å²) < 4.78 is 0. The Hall–Kier alpha value is -1.43. The molecule has 1 amide bonds. The fraction of sp³-hybridized carbons (Fsp3) is 0.500. The first kappa shape index (κ1) is 16.6. The van der Waals surface area contributed by atoms with E-state index in [4.69, 9.17) is 0 Å². The van der Waals surface area contributed by atoms with Gasteiger partial charge in [0, 0.05) is 28.6 Å². The van der Waals surface area contributed by atoms with Gasteiger partial charge in [-0.15, -0.1) is 0 Å². The van der Waals surface area contributed by atoms with Crippen molar-refractivity contribution in [3.8, 4) is 0 Å². The topological polar surface area (TPSA) is 72.2 Å². The smallest absolute Gasteiger partial charge is 0.272 e. The van der Waals surface area contributed by atoms with Gasteiger partial charge in [0.25, 0.3) is 11.6 Å². The summed E-state index contributed by atoms with van der Waals surface area (Å²) in [7, 11) is 0. The van der Waals surface area contributed by atoms with Gasteiger partial charge in [-0.3, -0.25) is 14.9 Å². The molecule has 0 radical (unpaired) electrons. The predicted molar refractivity (Wildman–Crippen MR) is 82.3 cm³/mol. The number of nitro benzene ring substituents is 1. The highest BCUT2D eigenvalue weighted by Gasteiger charge is 2.18. The lowest BCUT2D eigenvalue weighted by molar-refractivity contribution is -0.385. The summed E-state index contributed by atoms with van der Waals surface area (Å²) in [6, 6.07) is 4.50. The van der Waals surface area contributed by atoms with Gasteiger partial charge in [0.1, 0.15) is 0 Å². The van der Waals surface area contributed by atoms with Gasteiger partial charge < -0.3 is 5.32 Å². The molecule has 110 valence electrons. The van der Waals surface area contributed by atoms with E-state index >= 15 is 0 Å². The summed E-state index contributed by atoms with van der Waals surface area (Å²) in [5.41, 5.74) is 0.972. The Morgan fingerprint density at radius 2 is 2.10 bits per heavy atom. The minimum atomic E-state index is -0.446. The highest BCUT2D eigenvalue weighted by atomic mass is 79.9. The molecule has 6 heteroatoms. The molecule has 0 aromatic heterocycles. The number of aryl methyl sites for hydroxylation is 1. The molecule has 0 aliphatic heterocycles. The number of nitrogens with one attached hydrogen (secondary N) is 1. The third-order valence-electron chi connectivity index (χ3n) is 3.20. The lowest BCUT2D eigenvalue weighted by Crippen LogP contribution is -2.38. The van der Waals surface area contributed by atoms with Crippen molar-refractivity contribution in [2.75, 3.05) is 5.33 Å². The summed E-state index contributed by atoms with van der Waals surface area (Å²) >= 11 is 3.38. The minimum absolute atomic E-state index is 0.0300. The van der Waals surface area contributed by atoms with Gasteiger partial charge in [-0.2, -0.15) is 0 Å². The quantitative estimate of drug-likeness (QED) is 0.489. The van der Waals surface area contributed by atoms with Crippen molar-refractivity contribution in [1.82, 2.24) is 5.32 Å². The molecule has 5 nitrogen and oxygen atoms in total. The average Bonchev–Trinajstić information content (AvgIpc) is 2.37. The van der Waals surface area contributed by atoms with Crippen LogP contribution in [0.4, 0.5) is 5.69 Å². The largest absolute Gasteiger partial charge is 0.349 e. The zero-order valence-electron chi connectivity index (χ0n) is 11.9. The average molecular weight is 343 g/mol. The van der Waals surface area contributed by atoms with Crippen LogP contribution in [-0.4, -0.2) is 22.2 Å². The van der Waals surface area contributed by atoms with Gasteiger partial charge in [-0.1, -0.05) is 29.8 Å². The molecule has 1 aromatic carbocycles. The van der Waals surface area contributed by atoms with E-state index in [0.717, 1.165) is 11.8 Å². The fourth-order valence-corrected chi connectivity index (χ4v) is 2.44. The van der Waals surface area contributed by atoms with Crippen LogP contribution in [0.25, 0.3) is 0 Å². The molecule has 0 saturated heterocycles. The number of amides is 1. The van der Waals surface area contributed by atoms with Crippen LogP contribution in [0.5, 0.6) is 0 Å². The van der Waals surface area contributed by atoms with Crippen LogP contribution in [-0.2, 0) is 0 Å². The Morgan fingerprint density at radius 3 is 2.55 bits per heavy atom. The second kappa shape index (κ2) is 7.38. The number of nitrogens with zero attached hydrogens (tertiary/aromatic N) is 1. The predicted octanol–water partition coefficient (Wildman–Crippen LogP) is 3.44. The number of alkyl halides is 1. The Bertz CT molecular complexity index is 503. The summed E-state index contributed by atoms with van der Waals surface area (Å²) in [5.74, 6) is 0.137. The Morgan fingerprint density at radius 1 is 1.45 bits per heavy atom. The van der Waals surface area contributed by atoms with E-state index in [1.807, 2.05) is 0 Å². The monoisotopic (exact) mass is 342 g/mol. The normalized spacial score (nSPS) is 12.2. The number of hydrogen-bond acceptors (Lipinski definition) is 3. The van der Waals surface area contributed by atoms with Gasteiger partial charge >= 0.3 is 0 Å². The first-order chi connectivity index (χ1) is 9.36. The van der Waals surface area contributed by atoms with Crippen molar-refractivity contribution >= 4 is 27.5 Å². The Kier molecular flexibility index (Phi) is 6.13. The molecule has 0 saturated carbocycles. The third-order valence-corrected chi connectivity index (χ3v) is 3.65. The summed E-state index contributed by atoms with van der Waals surface area (Å²) in [6.07, 6.45) is 0.843. The van der Waals surface area contributed by atoms with Crippen LogP contribution < -0.4 is 5.32 Å². The number of carbonyl (C=O) groups is 1. The molecule has 20 heavy (non-hydrogen) atoms. The van der Waals surface area contributed by atoms with Gasteiger partial charge in [-0.05, 0) is 31.4 Å². The summed E-state index contributed by atoms with van der Waals surface area (Å²) in [6.45, 7) is 5.73. The summed E-state index contributed by atoms with van der Waals surface area (Å²) in [4.78, 5) is 22.5. The van der Waals surface area contributed by atoms with Crippen LogP contribution in [0.15, 0.2) is 18.2 Å². The molecular formula is C14H19BrN2O3. The van der Waals surface area contributed by atoms with Gasteiger partial charge in [-0.25, -0.2) is 0 Å². The molecule has 0 heterocycles. The van der Waals surface area contributed by atoms with Crippen LogP contribution >= 0.6 is 15.9 Å². The molecule has 1 aromatic rings. The number of nitro groups is 1. The maximum atomic E-state index is 12.2. The van der Waals surface area contributed by atoms with Crippen LogP contribution in [0.1, 0.15) is 36.2 Å². The van der Waals surface area contributed by atoms with Gasteiger partial charge in [0.2, 0.25) is 0 Å². The number of benzene rings is 1. The van der Waals surface area contributed by atoms with Crippen molar-refractivity contribution < 1.29 is 9.72 Å². The third kappa shape index (κ3) is 4.30. The Labute approximate surface area is 127 Å². The highest BCUT2D eigenvalue weighted by molar-refractivity contribution is 9.09. The van der Waals surface area contributed by atoms with Crippen molar-refractivity contribution in [3.63, 3.8) is 0 Å². The molecule has 0 bridgehead atoms. The Balaban J connectivity index is 2.87. The number of carbonyl (C=O) groups excluding carboxylic acids is 1. The van der Waals surface area contributed by atoms with E-state index in [9.17, 15) is 14.9 Å². The highest BCUT2D eigenvalue weighted by Crippen LogP contribution is 2.19. The molecule has 1 unspecified atom stereocenters.